The maximum absolute atomic E-state index is 12.2. The third-order valence-electron chi connectivity index (χ3n) is 3.17. The average Bonchev–Trinajstić information content (AvgIpc) is 2.65. The lowest BCUT2D eigenvalue weighted by Crippen LogP contribution is -2.22. The van der Waals surface area contributed by atoms with E-state index in [0.717, 1.165) is 5.69 Å². The second-order valence-corrected chi connectivity index (χ2v) is 6.71. The lowest BCUT2D eigenvalue weighted by molar-refractivity contribution is 0.374. The Bertz CT molecular complexity index is 741. The number of methoxy groups -OCH3 is 1. The Morgan fingerprint density at radius 1 is 1.33 bits per heavy atom. The van der Waals surface area contributed by atoms with Crippen molar-refractivity contribution in [3.8, 4) is 17.3 Å². The van der Waals surface area contributed by atoms with Gasteiger partial charge in [-0.15, -0.1) is 0 Å². The molecule has 21 heavy (non-hydrogen) atoms. The van der Waals surface area contributed by atoms with E-state index in [4.69, 9.17) is 4.74 Å². The van der Waals surface area contributed by atoms with E-state index in [1.54, 1.807) is 18.8 Å². The van der Waals surface area contributed by atoms with Crippen molar-refractivity contribution in [2.75, 3.05) is 7.11 Å². The van der Waals surface area contributed by atoms with Crippen molar-refractivity contribution in [1.29, 1.82) is 0 Å². The standard InChI is InChI=1S/C14H19BrN4O2/c1-7-8(13(21-6)19(5)18-7)11-16-10(14(2,3)4)9(15)12(20)17-11/h1-6H3,(H,16,17,20). The average molecular weight is 355 g/mol. The predicted molar refractivity (Wildman–Crippen MR) is 84.7 cm³/mol. The second-order valence-electron chi connectivity index (χ2n) is 5.92. The van der Waals surface area contributed by atoms with Crippen LogP contribution in [0.25, 0.3) is 11.4 Å². The van der Waals surface area contributed by atoms with E-state index in [-0.39, 0.29) is 11.0 Å². The summed E-state index contributed by atoms with van der Waals surface area (Å²) < 4.78 is 7.46. The number of hydrogen-bond acceptors (Lipinski definition) is 4. The van der Waals surface area contributed by atoms with Crippen molar-refractivity contribution in [1.82, 2.24) is 19.7 Å². The molecule has 0 aromatic carbocycles. The van der Waals surface area contributed by atoms with Gasteiger partial charge in [0.2, 0.25) is 5.88 Å². The second kappa shape index (κ2) is 5.29. The summed E-state index contributed by atoms with van der Waals surface area (Å²) in [5.41, 5.74) is 1.68. The molecule has 0 aliphatic carbocycles. The summed E-state index contributed by atoms with van der Waals surface area (Å²) in [5.74, 6) is 1.04. The Morgan fingerprint density at radius 3 is 2.48 bits per heavy atom. The number of rotatable bonds is 2. The van der Waals surface area contributed by atoms with E-state index in [0.29, 0.717) is 27.4 Å². The molecule has 0 spiro atoms. The van der Waals surface area contributed by atoms with E-state index < -0.39 is 0 Å². The van der Waals surface area contributed by atoms with Gasteiger partial charge in [0.15, 0.2) is 0 Å². The molecule has 0 aliphatic heterocycles. The molecule has 2 rings (SSSR count). The highest BCUT2D eigenvalue weighted by Gasteiger charge is 2.25. The number of H-pyrrole nitrogens is 1. The number of nitrogens with one attached hydrogen (secondary N) is 1. The number of aromatic amines is 1. The zero-order valence-electron chi connectivity index (χ0n) is 13.0. The van der Waals surface area contributed by atoms with Crippen molar-refractivity contribution in [3.63, 3.8) is 0 Å². The first kappa shape index (κ1) is 15.8. The van der Waals surface area contributed by atoms with Crippen LogP contribution in [0.1, 0.15) is 32.2 Å². The van der Waals surface area contributed by atoms with Crippen molar-refractivity contribution in [2.24, 2.45) is 7.05 Å². The molecule has 0 unspecified atom stereocenters. The Hall–Kier alpha value is -1.63. The van der Waals surface area contributed by atoms with Crippen LogP contribution in [0.15, 0.2) is 9.27 Å². The van der Waals surface area contributed by atoms with Gasteiger partial charge in [-0.25, -0.2) is 9.67 Å². The first-order valence-electron chi connectivity index (χ1n) is 6.55. The van der Waals surface area contributed by atoms with Crippen molar-refractivity contribution >= 4 is 15.9 Å². The van der Waals surface area contributed by atoms with Crippen LogP contribution < -0.4 is 10.3 Å². The number of halogens is 1. The quantitative estimate of drug-likeness (QED) is 0.899. The number of ether oxygens (including phenoxy) is 1. The molecule has 0 atom stereocenters. The summed E-state index contributed by atoms with van der Waals surface area (Å²) in [5, 5.41) is 4.32. The molecule has 7 heteroatoms. The predicted octanol–water partition coefficient (Wildman–Crippen LogP) is 2.55. The van der Waals surface area contributed by atoms with Crippen LogP contribution in [-0.4, -0.2) is 26.9 Å². The summed E-state index contributed by atoms with van der Waals surface area (Å²) in [7, 11) is 3.36. The first-order chi connectivity index (χ1) is 9.66. The topological polar surface area (TPSA) is 72.8 Å². The van der Waals surface area contributed by atoms with Gasteiger partial charge in [0.25, 0.3) is 5.56 Å². The van der Waals surface area contributed by atoms with Crippen LogP contribution in [0.4, 0.5) is 0 Å². The lowest BCUT2D eigenvalue weighted by Gasteiger charge is -2.19. The van der Waals surface area contributed by atoms with E-state index >= 15 is 0 Å². The van der Waals surface area contributed by atoms with E-state index in [1.807, 2.05) is 27.7 Å². The molecular formula is C14H19BrN4O2. The molecule has 0 aliphatic rings. The highest BCUT2D eigenvalue weighted by atomic mass is 79.9. The molecular weight excluding hydrogens is 336 g/mol. The normalized spacial score (nSPS) is 11.8. The molecule has 2 aromatic heterocycles. The van der Waals surface area contributed by atoms with Gasteiger partial charge in [0, 0.05) is 12.5 Å². The summed E-state index contributed by atoms with van der Waals surface area (Å²) in [6, 6.07) is 0. The van der Waals surface area contributed by atoms with Gasteiger partial charge in [0.1, 0.15) is 15.9 Å². The fourth-order valence-corrected chi connectivity index (χ4v) is 3.00. The molecule has 2 aromatic rings. The third kappa shape index (κ3) is 2.74. The van der Waals surface area contributed by atoms with E-state index in [1.165, 1.54) is 0 Å². The minimum atomic E-state index is -0.259. The van der Waals surface area contributed by atoms with Crippen molar-refractivity contribution in [3.05, 3.63) is 26.2 Å². The molecule has 0 fully saturated rings. The monoisotopic (exact) mass is 354 g/mol. The molecule has 0 saturated carbocycles. The Labute approximate surface area is 131 Å². The van der Waals surface area contributed by atoms with Crippen LogP contribution >= 0.6 is 15.9 Å². The maximum atomic E-state index is 12.2. The Morgan fingerprint density at radius 2 is 1.95 bits per heavy atom. The van der Waals surface area contributed by atoms with E-state index in [9.17, 15) is 4.79 Å². The molecule has 114 valence electrons. The highest BCUT2D eigenvalue weighted by Crippen LogP contribution is 2.32. The largest absolute Gasteiger partial charge is 0.481 e. The van der Waals surface area contributed by atoms with Gasteiger partial charge >= 0.3 is 0 Å². The number of hydrogen-bond donors (Lipinski definition) is 1. The molecule has 0 radical (unpaired) electrons. The van der Waals surface area contributed by atoms with Crippen molar-refractivity contribution in [2.45, 2.75) is 33.1 Å². The van der Waals surface area contributed by atoms with Crippen LogP contribution in [-0.2, 0) is 12.5 Å². The van der Waals surface area contributed by atoms with Gasteiger partial charge < -0.3 is 9.72 Å². The summed E-state index contributed by atoms with van der Waals surface area (Å²) in [6.07, 6.45) is 0. The molecule has 6 nitrogen and oxygen atoms in total. The fraction of sp³-hybridized carbons (Fsp3) is 0.500. The minimum Gasteiger partial charge on any atom is -0.481 e. The molecule has 2 heterocycles. The number of aromatic nitrogens is 4. The van der Waals surface area contributed by atoms with Crippen LogP contribution in [0.2, 0.25) is 0 Å². The van der Waals surface area contributed by atoms with Crippen LogP contribution in [0.5, 0.6) is 5.88 Å². The molecule has 0 amide bonds. The zero-order chi connectivity index (χ0) is 15.9. The Kier molecular flexibility index (Phi) is 3.97. The molecule has 1 N–H and O–H groups in total. The van der Waals surface area contributed by atoms with Gasteiger partial charge in [-0.1, -0.05) is 20.8 Å². The number of nitrogens with zero attached hydrogens (tertiary/aromatic N) is 3. The molecule has 0 saturated heterocycles. The SMILES string of the molecule is COc1c(-c2nc(C(C)(C)C)c(Br)c(=O)[nH]2)c(C)nn1C. The summed E-state index contributed by atoms with van der Waals surface area (Å²) >= 11 is 3.32. The van der Waals surface area contributed by atoms with Gasteiger partial charge in [0.05, 0.1) is 18.5 Å². The first-order valence-corrected chi connectivity index (χ1v) is 7.34. The number of aryl methyl sites for hydroxylation is 2. The van der Waals surface area contributed by atoms with Crippen LogP contribution in [0, 0.1) is 6.92 Å². The van der Waals surface area contributed by atoms with Crippen LogP contribution in [0.3, 0.4) is 0 Å². The lowest BCUT2D eigenvalue weighted by atomic mass is 9.92. The zero-order valence-corrected chi connectivity index (χ0v) is 14.6. The summed E-state index contributed by atoms with van der Waals surface area (Å²) in [6.45, 7) is 7.89. The van der Waals surface area contributed by atoms with Gasteiger partial charge in [-0.05, 0) is 22.9 Å². The van der Waals surface area contributed by atoms with E-state index in [2.05, 4.69) is 31.0 Å². The van der Waals surface area contributed by atoms with Gasteiger partial charge in [-0.2, -0.15) is 5.10 Å². The third-order valence-corrected chi connectivity index (χ3v) is 3.91. The van der Waals surface area contributed by atoms with Crippen molar-refractivity contribution < 1.29 is 4.74 Å². The van der Waals surface area contributed by atoms with Gasteiger partial charge in [-0.3, -0.25) is 4.79 Å². The smallest absolute Gasteiger partial charge is 0.265 e. The maximum Gasteiger partial charge on any atom is 0.265 e. The minimum absolute atomic E-state index is 0.213. The fourth-order valence-electron chi connectivity index (χ4n) is 2.22. The highest BCUT2D eigenvalue weighted by molar-refractivity contribution is 9.10. The Balaban J connectivity index is 2.78. The molecule has 0 bridgehead atoms. The summed E-state index contributed by atoms with van der Waals surface area (Å²) in [4.78, 5) is 19.6.